The Morgan fingerprint density at radius 1 is 1.27 bits per heavy atom. The van der Waals surface area contributed by atoms with Crippen molar-refractivity contribution in [3.63, 3.8) is 0 Å². The van der Waals surface area contributed by atoms with Gasteiger partial charge in [0.2, 0.25) is 0 Å². The maximum atomic E-state index is 8.63. The lowest BCUT2D eigenvalue weighted by Crippen LogP contribution is -2.13. The monoisotopic (exact) mass is 159 g/mol. The van der Waals surface area contributed by atoms with E-state index in [1.807, 2.05) is 0 Å². The Balaban J connectivity index is 3.10. The topological polar surface area (TPSA) is 23.5 Å². The van der Waals surface area contributed by atoms with Crippen LogP contribution >= 0.6 is 0 Å². The van der Waals surface area contributed by atoms with Gasteiger partial charge in [0.05, 0.1) is 0 Å². The van der Waals surface area contributed by atoms with Crippen LogP contribution in [0.2, 0.25) is 0 Å². The standard InChI is InChI=1S/C9H21NO/c1-9(6-8-11)5-4-7-10(2)3/h9,11H,4-8H2,1-3H3. The average Bonchev–Trinajstić information content (AvgIpc) is 1.87. The maximum Gasteiger partial charge on any atom is 0.0433 e. The van der Waals surface area contributed by atoms with Crippen LogP contribution in [-0.4, -0.2) is 37.3 Å². The Morgan fingerprint density at radius 3 is 2.36 bits per heavy atom. The molecular weight excluding hydrogens is 138 g/mol. The first kappa shape index (κ1) is 10.9. The Kier molecular flexibility index (Phi) is 6.57. The van der Waals surface area contributed by atoms with Crippen molar-refractivity contribution in [1.29, 1.82) is 0 Å². The second kappa shape index (κ2) is 6.62. The van der Waals surface area contributed by atoms with E-state index < -0.39 is 0 Å². The highest BCUT2D eigenvalue weighted by molar-refractivity contribution is 4.53. The lowest BCUT2D eigenvalue weighted by Gasteiger charge is -2.12. The molecule has 1 N–H and O–H groups in total. The molecule has 1 atom stereocenters. The van der Waals surface area contributed by atoms with Gasteiger partial charge in [-0.25, -0.2) is 0 Å². The number of rotatable bonds is 6. The quantitative estimate of drug-likeness (QED) is 0.632. The number of hydrogen-bond acceptors (Lipinski definition) is 2. The van der Waals surface area contributed by atoms with Crippen LogP contribution in [0.4, 0.5) is 0 Å². The zero-order valence-corrected chi connectivity index (χ0v) is 8.01. The summed E-state index contributed by atoms with van der Waals surface area (Å²) in [6, 6.07) is 0. The molecule has 0 aliphatic carbocycles. The molecule has 0 aromatic rings. The molecule has 2 heteroatoms. The lowest BCUT2D eigenvalue weighted by molar-refractivity contribution is 0.253. The first-order valence-electron chi connectivity index (χ1n) is 4.42. The highest BCUT2D eigenvalue weighted by Crippen LogP contribution is 2.08. The van der Waals surface area contributed by atoms with Crippen molar-refractivity contribution in [2.45, 2.75) is 26.2 Å². The molecule has 2 nitrogen and oxygen atoms in total. The van der Waals surface area contributed by atoms with Gasteiger partial charge in [-0.05, 0) is 45.8 Å². The normalized spacial score (nSPS) is 13.9. The second-order valence-corrected chi connectivity index (χ2v) is 3.56. The Labute approximate surface area is 70.2 Å². The van der Waals surface area contributed by atoms with Gasteiger partial charge in [0.1, 0.15) is 0 Å². The van der Waals surface area contributed by atoms with Crippen LogP contribution in [-0.2, 0) is 0 Å². The van der Waals surface area contributed by atoms with E-state index in [1.165, 1.54) is 12.8 Å². The molecule has 0 bridgehead atoms. The van der Waals surface area contributed by atoms with E-state index in [0.717, 1.165) is 13.0 Å². The van der Waals surface area contributed by atoms with Crippen molar-refractivity contribution in [1.82, 2.24) is 4.90 Å². The number of hydrogen-bond donors (Lipinski definition) is 1. The molecule has 0 heterocycles. The first-order chi connectivity index (χ1) is 5.16. The van der Waals surface area contributed by atoms with E-state index in [4.69, 9.17) is 5.11 Å². The van der Waals surface area contributed by atoms with E-state index in [0.29, 0.717) is 12.5 Å². The molecule has 0 rings (SSSR count). The van der Waals surface area contributed by atoms with Crippen LogP contribution in [0.1, 0.15) is 26.2 Å². The third-order valence-corrected chi connectivity index (χ3v) is 1.92. The Hall–Kier alpha value is -0.0800. The summed E-state index contributed by atoms with van der Waals surface area (Å²) in [5.74, 6) is 0.681. The van der Waals surface area contributed by atoms with E-state index in [-0.39, 0.29) is 0 Å². The minimum absolute atomic E-state index is 0.336. The summed E-state index contributed by atoms with van der Waals surface area (Å²) in [4.78, 5) is 2.20. The van der Waals surface area contributed by atoms with Gasteiger partial charge in [0.25, 0.3) is 0 Å². The van der Waals surface area contributed by atoms with Gasteiger partial charge >= 0.3 is 0 Å². The van der Waals surface area contributed by atoms with Gasteiger partial charge in [0, 0.05) is 6.61 Å². The van der Waals surface area contributed by atoms with Crippen molar-refractivity contribution in [2.75, 3.05) is 27.2 Å². The summed E-state index contributed by atoms with van der Waals surface area (Å²) in [6.45, 7) is 3.70. The van der Waals surface area contributed by atoms with Gasteiger partial charge in [-0.1, -0.05) is 6.92 Å². The minimum Gasteiger partial charge on any atom is -0.396 e. The van der Waals surface area contributed by atoms with E-state index in [2.05, 4.69) is 25.9 Å². The summed E-state index contributed by atoms with van der Waals surface area (Å²) in [7, 11) is 4.19. The summed E-state index contributed by atoms with van der Waals surface area (Å²) < 4.78 is 0. The molecule has 68 valence electrons. The van der Waals surface area contributed by atoms with E-state index in [1.54, 1.807) is 0 Å². The fraction of sp³-hybridized carbons (Fsp3) is 1.00. The van der Waals surface area contributed by atoms with Gasteiger partial charge in [0.15, 0.2) is 0 Å². The van der Waals surface area contributed by atoms with Crippen LogP contribution in [0.3, 0.4) is 0 Å². The molecule has 0 saturated heterocycles. The Morgan fingerprint density at radius 2 is 1.91 bits per heavy atom. The third kappa shape index (κ3) is 7.82. The first-order valence-corrected chi connectivity index (χ1v) is 4.42. The summed E-state index contributed by atoms with van der Waals surface area (Å²) in [6.07, 6.45) is 3.43. The van der Waals surface area contributed by atoms with Gasteiger partial charge < -0.3 is 10.0 Å². The highest BCUT2D eigenvalue weighted by atomic mass is 16.3. The highest BCUT2D eigenvalue weighted by Gasteiger charge is 2.00. The summed E-state index contributed by atoms with van der Waals surface area (Å²) in [5.41, 5.74) is 0. The molecule has 1 unspecified atom stereocenters. The fourth-order valence-corrected chi connectivity index (χ4v) is 1.12. The molecule has 0 amide bonds. The number of nitrogens with zero attached hydrogens (tertiary/aromatic N) is 1. The van der Waals surface area contributed by atoms with Crippen molar-refractivity contribution in [2.24, 2.45) is 5.92 Å². The zero-order valence-electron chi connectivity index (χ0n) is 8.01. The van der Waals surface area contributed by atoms with E-state index in [9.17, 15) is 0 Å². The fourth-order valence-electron chi connectivity index (χ4n) is 1.12. The van der Waals surface area contributed by atoms with Gasteiger partial charge in [-0.3, -0.25) is 0 Å². The number of aliphatic hydroxyl groups is 1. The molecule has 0 radical (unpaired) electrons. The van der Waals surface area contributed by atoms with Crippen molar-refractivity contribution in [3.8, 4) is 0 Å². The molecule has 0 spiro atoms. The average molecular weight is 159 g/mol. The molecular formula is C9H21NO. The summed E-state index contributed by atoms with van der Waals surface area (Å²) >= 11 is 0. The number of aliphatic hydroxyl groups excluding tert-OH is 1. The second-order valence-electron chi connectivity index (χ2n) is 3.56. The summed E-state index contributed by atoms with van der Waals surface area (Å²) in [5, 5.41) is 8.63. The van der Waals surface area contributed by atoms with Crippen LogP contribution in [0.5, 0.6) is 0 Å². The van der Waals surface area contributed by atoms with Gasteiger partial charge in [-0.15, -0.1) is 0 Å². The molecule has 11 heavy (non-hydrogen) atoms. The molecule has 0 aliphatic heterocycles. The molecule has 0 saturated carbocycles. The lowest BCUT2D eigenvalue weighted by atomic mass is 10.0. The van der Waals surface area contributed by atoms with Crippen molar-refractivity contribution in [3.05, 3.63) is 0 Å². The predicted octanol–water partition coefficient (Wildman–Crippen LogP) is 1.35. The van der Waals surface area contributed by atoms with E-state index >= 15 is 0 Å². The van der Waals surface area contributed by atoms with Gasteiger partial charge in [-0.2, -0.15) is 0 Å². The van der Waals surface area contributed by atoms with Crippen molar-refractivity contribution < 1.29 is 5.11 Å². The molecule has 0 fully saturated rings. The van der Waals surface area contributed by atoms with Crippen LogP contribution in [0, 0.1) is 5.92 Å². The van der Waals surface area contributed by atoms with Crippen LogP contribution in [0.25, 0.3) is 0 Å². The SMILES string of the molecule is CC(CCO)CCCN(C)C. The minimum atomic E-state index is 0.336. The zero-order chi connectivity index (χ0) is 8.69. The smallest absolute Gasteiger partial charge is 0.0433 e. The maximum absolute atomic E-state index is 8.63. The molecule has 0 aliphatic rings. The van der Waals surface area contributed by atoms with Crippen LogP contribution < -0.4 is 0 Å². The predicted molar refractivity (Wildman–Crippen MR) is 48.7 cm³/mol. The Bertz CT molecular complexity index is 83.6. The largest absolute Gasteiger partial charge is 0.396 e. The van der Waals surface area contributed by atoms with Crippen molar-refractivity contribution >= 4 is 0 Å². The molecule has 0 aromatic carbocycles. The third-order valence-electron chi connectivity index (χ3n) is 1.92. The van der Waals surface area contributed by atoms with Crippen LogP contribution in [0.15, 0.2) is 0 Å². The molecule has 0 aromatic heterocycles.